The number of unbranched alkanes of at least 4 members (excludes halogenated alkanes) is 2. The van der Waals surface area contributed by atoms with Gasteiger partial charge in [-0.05, 0) is 62.9 Å². The minimum Gasteiger partial charge on any atom is -0.400 e. The molecule has 0 radical (unpaired) electrons. The highest BCUT2D eigenvalue weighted by Crippen LogP contribution is 2.21. The molecule has 0 saturated heterocycles. The van der Waals surface area contributed by atoms with E-state index in [0.717, 1.165) is 50.0 Å². The molecule has 0 fully saturated rings. The second-order valence-corrected chi connectivity index (χ2v) is 10.7. The zero-order valence-electron chi connectivity index (χ0n) is 32.1. The SMILES string of the molecule is C=Nc1cc(C(C)=O)ccc1CC.C=O.CC.CCCC.CCCC.CCCC(C)CCCC(=O)CCc1ccc(C)cc1.CO. The molecule has 0 amide bonds. The fourth-order valence-corrected chi connectivity index (χ4v) is 3.68. The molecule has 1 N–H and O–H groups in total. The van der Waals surface area contributed by atoms with Crippen molar-refractivity contribution in [3.8, 4) is 0 Å². The fraction of sp³-hybridized carbons (Fsp3) is 0.610. The van der Waals surface area contributed by atoms with Gasteiger partial charge in [0.15, 0.2) is 5.78 Å². The molecular weight excluding hydrogens is 570 g/mol. The Kier molecular flexibility index (Phi) is 48.1. The Hall–Kier alpha value is -2.92. The number of aliphatic hydroxyl groups excluding tert-OH is 1. The summed E-state index contributed by atoms with van der Waals surface area (Å²) in [5, 5.41) is 7.00. The molecule has 0 aliphatic heterocycles. The van der Waals surface area contributed by atoms with Crippen LogP contribution in [0, 0.1) is 12.8 Å². The Labute approximate surface area is 285 Å². The van der Waals surface area contributed by atoms with Gasteiger partial charge in [0.05, 0.1) is 5.69 Å². The number of aliphatic imine (C=N–C) groups is 1. The second-order valence-electron chi connectivity index (χ2n) is 10.7. The number of aryl methyl sites for hydroxylation is 3. The molecule has 0 heterocycles. The lowest BCUT2D eigenvalue weighted by Crippen LogP contribution is -2.02. The maximum absolute atomic E-state index is 11.8. The van der Waals surface area contributed by atoms with Gasteiger partial charge in [0.1, 0.15) is 12.6 Å². The first kappa shape index (κ1) is 52.6. The van der Waals surface area contributed by atoms with Crippen LogP contribution in [0.25, 0.3) is 0 Å². The maximum atomic E-state index is 11.8. The van der Waals surface area contributed by atoms with E-state index in [-0.39, 0.29) is 5.78 Å². The van der Waals surface area contributed by atoms with Crippen molar-refractivity contribution in [2.75, 3.05) is 7.11 Å². The molecular formula is C41H73NO4. The highest BCUT2D eigenvalue weighted by molar-refractivity contribution is 5.95. The third kappa shape index (κ3) is 34.0. The molecule has 0 aromatic heterocycles. The smallest absolute Gasteiger partial charge is 0.159 e. The zero-order valence-corrected chi connectivity index (χ0v) is 32.1. The highest BCUT2D eigenvalue weighted by Gasteiger charge is 2.06. The van der Waals surface area contributed by atoms with Crippen molar-refractivity contribution < 1.29 is 19.5 Å². The average Bonchev–Trinajstić information content (AvgIpc) is 3.10. The molecule has 1 atom stereocenters. The van der Waals surface area contributed by atoms with Gasteiger partial charge in [0.2, 0.25) is 0 Å². The quantitative estimate of drug-likeness (QED) is 0.164. The first-order chi connectivity index (χ1) is 22.1. The van der Waals surface area contributed by atoms with Crippen LogP contribution in [0.1, 0.15) is 160 Å². The van der Waals surface area contributed by atoms with E-state index in [1.165, 1.54) is 56.1 Å². The fourth-order valence-electron chi connectivity index (χ4n) is 3.68. The summed E-state index contributed by atoms with van der Waals surface area (Å²) in [6.45, 7) is 28.4. The van der Waals surface area contributed by atoms with Crippen LogP contribution >= 0.6 is 0 Å². The van der Waals surface area contributed by atoms with E-state index in [2.05, 4.69) is 91.4 Å². The van der Waals surface area contributed by atoms with Crippen LogP contribution in [0.2, 0.25) is 0 Å². The van der Waals surface area contributed by atoms with E-state index >= 15 is 0 Å². The number of carbonyl (C=O) groups excluding carboxylic acids is 3. The normalized spacial score (nSPS) is 9.50. The van der Waals surface area contributed by atoms with E-state index < -0.39 is 0 Å². The molecule has 5 nitrogen and oxygen atoms in total. The molecule has 1 unspecified atom stereocenters. The lowest BCUT2D eigenvalue weighted by atomic mass is 9.97. The lowest BCUT2D eigenvalue weighted by Gasteiger charge is -2.08. The Morgan fingerprint density at radius 2 is 1.28 bits per heavy atom. The van der Waals surface area contributed by atoms with Gasteiger partial charge in [0, 0.05) is 25.5 Å². The molecule has 2 rings (SSSR count). The van der Waals surface area contributed by atoms with E-state index in [4.69, 9.17) is 9.90 Å². The predicted molar refractivity (Wildman–Crippen MR) is 205 cm³/mol. The summed E-state index contributed by atoms with van der Waals surface area (Å²) in [5.74, 6) is 1.26. The number of ketones is 2. The molecule has 2 aromatic carbocycles. The van der Waals surface area contributed by atoms with Gasteiger partial charge in [-0.25, -0.2) is 0 Å². The van der Waals surface area contributed by atoms with Crippen LogP contribution in [0.4, 0.5) is 5.69 Å². The Morgan fingerprint density at radius 3 is 1.67 bits per heavy atom. The topological polar surface area (TPSA) is 83.8 Å². The predicted octanol–water partition coefficient (Wildman–Crippen LogP) is 11.9. The van der Waals surface area contributed by atoms with Gasteiger partial charge in [-0.1, -0.05) is 149 Å². The molecule has 5 heteroatoms. The van der Waals surface area contributed by atoms with Crippen LogP contribution in [-0.4, -0.2) is 37.3 Å². The zero-order chi connectivity index (χ0) is 36.8. The number of nitrogens with zero attached hydrogens (tertiary/aromatic N) is 1. The minimum absolute atomic E-state index is 0.0625. The average molecular weight is 644 g/mol. The Bertz CT molecular complexity index is 930. The van der Waals surface area contributed by atoms with Crippen molar-refractivity contribution in [2.45, 2.75) is 153 Å². The van der Waals surface area contributed by atoms with Crippen molar-refractivity contribution in [3.63, 3.8) is 0 Å². The summed E-state index contributed by atoms with van der Waals surface area (Å²) in [6, 6.07) is 14.0. The number of benzene rings is 2. The van der Waals surface area contributed by atoms with Crippen molar-refractivity contribution in [1.29, 1.82) is 0 Å². The van der Waals surface area contributed by atoms with Gasteiger partial charge < -0.3 is 9.90 Å². The third-order valence-electron chi connectivity index (χ3n) is 6.79. The molecule has 0 aliphatic carbocycles. The first-order valence-corrected chi connectivity index (χ1v) is 17.5. The van der Waals surface area contributed by atoms with E-state index in [1.807, 2.05) is 32.8 Å². The van der Waals surface area contributed by atoms with Gasteiger partial charge in [0.25, 0.3) is 0 Å². The van der Waals surface area contributed by atoms with Crippen LogP contribution in [0.15, 0.2) is 47.5 Å². The van der Waals surface area contributed by atoms with Crippen molar-refractivity contribution in [2.24, 2.45) is 10.9 Å². The first-order valence-electron chi connectivity index (χ1n) is 17.5. The number of carbonyl (C=O) groups is 3. The van der Waals surface area contributed by atoms with Crippen LogP contribution in [-0.2, 0) is 22.4 Å². The number of hydrogen-bond donors (Lipinski definition) is 1. The number of Topliss-reactive ketones (excluding diaryl/α,β-unsaturated/α-hetero) is 2. The summed E-state index contributed by atoms with van der Waals surface area (Å²) >= 11 is 0. The summed E-state index contributed by atoms with van der Waals surface area (Å²) in [6.07, 6.45) is 13.3. The minimum atomic E-state index is 0.0625. The van der Waals surface area contributed by atoms with E-state index in [9.17, 15) is 9.59 Å². The second kappa shape index (κ2) is 42.1. The van der Waals surface area contributed by atoms with Crippen molar-refractivity contribution >= 4 is 30.8 Å². The van der Waals surface area contributed by atoms with Crippen molar-refractivity contribution in [1.82, 2.24) is 0 Å². The standard InChI is InChI=1S/C18H28O.C11H13NO.2C4H10.C2H6.CH4O.CH2O/c1-4-6-15(2)7-5-8-18(19)14-13-17-11-9-16(3)10-12-17;1-4-9-5-6-10(8(2)13)7-11(9)12-3;2*1-3-4-2;3*1-2/h9-12,15H,4-8,13-14H2,1-3H3;5-7H,3-4H2,1-2H3;2*3-4H2,1-2H3;1-2H3;2H,1H3;1H2. The lowest BCUT2D eigenvalue weighted by molar-refractivity contribution is -0.119. The van der Waals surface area contributed by atoms with Gasteiger partial charge in [-0.2, -0.15) is 0 Å². The van der Waals surface area contributed by atoms with Crippen LogP contribution in [0.5, 0.6) is 0 Å². The summed E-state index contributed by atoms with van der Waals surface area (Å²) in [5.41, 5.74) is 5.19. The number of rotatable bonds is 14. The Morgan fingerprint density at radius 1 is 0.783 bits per heavy atom. The highest BCUT2D eigenvalue weighted by atomic mass is 16.2. The number of aliphatic hydroxyl groups is 1. The largest absolute Gasteiger partial charge is 0.400 e. The van der Waals surface area contributed by atoms with Gasteiger partial charge in [-0.3, -0.25) is 14.6 Å². The molecule has 0 aliphatic rings. The van der Waals surface area contributed by atoms with Gasteiger partial charge >= 0.3 is 0 Å². The molecule has 2 aromatic rings. The van der Waals surface area contributed by atoms with E-state index in [1.54, 1.807) is 13.0 Å². The van der Waals surface area contributed by atoms with Crippen molar-refractivity contribution in [3.05, 3.63) is 64.7 Å². The Balaban J connectivity index is -0.000000179. The molecule has 0 bridgehead atoms. The molecule has 0 saturated carbocycles. The molecule has 46 heavy (non-hydrogen) atoms. The monoisotopic (exact) mass is 644 g/mol. The third-order valence-corrected chi connectivity index (χ3v) is 6.79. The van der Waals surface area contributed by atoms with Gasteiger partial charge in [-0.15, -0.1) is 0 Å². The summed E-state index contributed by atoms with van der Waals surface area (Å²) in [4.78, 5) is 34.8. The number of hydrogen-bond acceptors (Lipinski definition) is 5. The summed E-state index contributed by atoms with van der Waals surface area (Å²) < 4.78 is 0. The van der Waals surface area contributed by atoms with Crippen LogP contribution < -0.4 is 0 Å². The summed E-state index contributed by atoms with van der Waals surface area (Å²) in [7, 11) is 1.00. The van der Waals surface area contributed by atoms with Crippen LogP contribution in [0.3, 0.4) is 0 Å². The molecule has 266 valence electrons. The van der Waals surface area contributed by atoms with E-state index in [0.29, 0.717) is 17.8 Å². The maximum Gasteiger partial charge on any atom is 0.159 e. The molecule has 0 spiro atoms.